The van der Waals surface area contributed by atoms with E-state index in [1.54, 1.807) is 25.2 Å². The van der Waals surface area contributed by atoms with Crippen molar-refractivity contribution in [2.45, 2.75) is 33.3 Å². The lowest BCUT2D eigenvalue weighted by Gasteiger charge is -2.29. The van der Waals surface area contributed by atoms with Crippen LogP contribution in [0.1, 0.15) is 25.8 Å². The highest BCUT2D eigenvalue weighted by Crippen LogP contribution is 2.39. The quantitative estimate of drug-likeness (QED) is 0.888. The van der Waals surface area contributed by atoms with Gasteiger partial charge in [-0.1, -0.05) is 0 Å². The Kier molecular flexibility index (Phi) is 4.31. The third-order valence-corrected chi connectivity index (χ3v) is 4.52. The fraction of sp³-hybridized carbons (Fsp3) is 0.538. The van der Waals surface area contributed by atoms with Crippen molar-refractivity contribution >= 4 is 33.7 Å². The predicted molar refractivity (Wildman–Crippen MR) is 86.6 cm³/mol. The summed E-state index contributed by atoms with van der Waals surface area (Å²) in [6.07, 6.45) is 0. The summed E-state index contributed by atoms with van der Waals surface area (Å²) in [7, 11) is 0. The lowest BCUT2D eigenvalue weighted by molar-refractivity contribution is 0.0877. The van der Waals surface area contributed by atoms with E-state index in [4.69, 9.17) is 5.73 Å². The van der Waals surface area contributed by atoms with E-state index >= 15 is 0 Å². The molecule has 2 rings (SSSR count). The van der Waals surface area contributed by atoms with Crippen molar-refractivity contribution in [2.24, 2.45) is 0 Å². The molecule has 7 heteroatoms. The summed E-state index contributed by atoms with van der Waals surface area (Å²) in [5, 5.41) is 14.0. The molecule has 0 amide bonds. The average Bonchev–Trinajstić information content (AvgIpc) is 2.91. The van der Waals surface area contributed by atoms with Gasteiger partial charge < -0.3 is 15.7 Å². The van der Waals surface area contributed by atoms with Gasteiger partial charge in [0, 0.05) is 18.5 Å². The van der Waals surface area contributed by atoms with Gasteiger partial charge in [0.15, 0.2) is 0 Å². The van der Waals surface area contributed by atoms with Crippen LogP contribution in [-0.2, 0) is 0 Å². The molecule has 0 aliphatic carbocycles. The first kappa shape index (κ1) is 15.2. The van der Waals surface area contributed by atoms with Gasteiger partial charge in [0.25, 0.3) is 0 Å². The Balaban J connectivity index is 2.42. The van der Waals surface area contributed by atoms with E-state index in [2.05, 4.69) is 21.2 Å². The number of aliphatic hydroxyl groups is 1. The van der Waals surface area contributed by atoms with Crippen molar-refractivity contribution in [1.29, 1.82) is 0 Å². The van der Waals surface area contributed by atoms with Gasteiger partial charge in [-0.2, -0.15) is 4.37 Å². The number of aryl methyl sites for hydroxylation is 1. The summed E-state index contributed by atoms with van der Waals surface area (Å²) in [5.74, 6) is 0.504. The van der Waals surface area contributed by atoms with Gasteiger partial charge in [-0.05, 0) is 39.2 Å². The molecule has 5 nitrogen and oxygen atoms in total. The van der Waals surface area contributed by atoms with Crippen molar-refractivity contribution in [3.8, 4) is 11.3 Å². The Hall–Kier alpha value is -1.18. The lowest BCUT2D eigenvalue weighted by Crippen LogP contribution is -2.38. The minimum Gasteiger partial charge on any atom is -0.389 e. The van der Waals surface area contributed by atoms with Crippen LogP contribution < -0.4 is 10.6 Å². The van der Waals surface area contributed by atoms with E-state index in [-0.39, 0.29) is 0 Å². The van der Waals surface area contributed by atoms with Gasteiger partial charge in [0.1, 0.15) is 10.8 Å². The van der Waals surface area contributed by atoms with Crippen LogP contribution >= 0.6 is 22.9 Å². The van der Waals surface area contributed by atoms with Gasteiger partial charge in [-0.3, -0.25) is 0 Å². The summed E-state index contributed by atoms with van der Waals surface area (Å²) in [5.41, 5.74) is 6.98. The van der Waals surface area contributed by atoms with Crippen LogP contribution in [-0.4, -0.2) is 33.2 Å². The molecular weight excluding hydrogens is 292 g/mol. The summed E-state index contributed by atoms with van der Waals surface area (Å²) in [4.78, 5) is 6.60. The summed E-state index contributed by atoms with van der Waals surface area (Å²) in [6, 6.07) is 0. The fourth-order valence-corrected chi connectivity index (χ4v) is 3.51. The van der Waals surface area contributed by atoms with E-state index in [1.165, 1.54) is 11.5 Å². The van der Waals surface area contributed by atoms with Crippen LogP contribution in [0.2, 0.25) is 0 Å². The van der Waals surface area contributed by atoms with Crippen LogP contribution in [0, 0.1) is 6.92 Å². The maximum Gasteiger partial charge on any atom is 0.148 e. The molecule has 0 saturated carbocycles. The fourth-order valence-electron chi connectivity index (χ4n) is 2.02. The molecule has 2 heterocycles. The highest BCUT2D eigenvalue weighted by atomic mass is 32.1. The molecule has 0 saturated heterocycles. The number of hydrogen-bond donors (Lipinski definition) is 2. The third-order valence-electron chi connectivity index (χ3n) is 2.82. The molecule has 2 aromatic heterocycles. The minimum atomic E-state index is -0.774. The summed E-state index contributed by atoms with van der Waals surface area (Å²) in [6.45, 7) is 8.93. The Bertz CT molecular complexity index is 585. The van der Waals surface area contributed by atoms with Crippen molar-refractivity contribution in [1.82, 2.24) is 9.36 Å². The molecule has 110 valence electrons. The monoisotopic (exact) mass is 312 g/mol. The second-order valence-corrected chi connectivity index (χ2v) is 7.14. The first-order chi connectivity index (χ1) is 9.31. The number of nitrogens with two attached hydrogens (primary N) is 1. The van der Waals surface area contributed by atoms with Crippen LogP contribution in [0.15, 0.2) is 5.38 Å². The Morgan fingerprint density at radius 3 is 2.65 bits per heavy atom. The number of thiazole rings is 1. The van der Waals surface area contributed by atoms with Gasteiger partial charge in [0.05, 0.1) is 21.9 Å². The number of anilines is 2. The van der Waals surface area contributed by atoms with Crippen molar-refractivity contribution in [3.63, 3.8) is 0 Å². The molecule has 3 N–H and O–H groups in total. The molecular formula is C13H20N4OS2. The lowest BCUT2D eigenvalue weighted by atomic mass is 10.1. The molecule has 0 unspecified atom stereocenters. The number of aromatic nitrogens is 2. The molecule has 0 spiro atoms. The normalized spacial score (nSPS) is 11.8. The zero-order valence-electron chi connectivity index (χ0n) is 12.2. The van der Waals surface area contributed by atoms with E-state index in [0.717, 1.165) is 27.8 Å². The Morgan fingerprint density at radius 2 is 2.15 bits per heavy atom. The number of hydrogen-bond acceptors (Lipinski definition) is 7. The molecule has 2 aromatic rings. The summed E-state index contributed by atoms with van der Waals surface area (Å²) >= 11 is 2.95. The molecule has 0 radical (unpaired) electrons. The first-order valence-corrected chi connectivity index (χ1v) is 8.12. The van der Waals surface area contributed by atoms with Crippen LogP contribution in [0.4, 0.5) is 10.8 Å². The van der Waals surface area contributed by atoms with Crippen molar-refractivity contribution in [2.75, 3.05) is 23.7 Å². The second-order valence-electron chi connectivity index (χ2n) is 5.33. The highest BCUT2D eigenvalue weighted by Gasteiger charge is 2.24. The Morgan fingerprint density at radius 1 is 1.45 bits per heavy atom. The van der Waals surface area contributed by atoms with E-state index in [0.29, 0.717) is 12.4 Å². The average molecular weight is 312 g/mol. The van der Waals surface area contributed by atoms with Gasteiger partial charge in [-0.25, -0.2) is 4.98 Å². The predicted octanol–water partition coefficient (Wildman–Crippen LogP) is 2.75. The number of nitrogen functional groups attached to an aromatic ring is 1. The number of rotatable bonds is 5. The largest absolute Gasteiger partial charge is 0.389 e. The second kappa shape index (κ2) is 5.67. The van der Waals surface area contributed by atoms with Gasteiger partial charge in [-0.15, -0.1) is 11.3 Å². The van der Waals surface area contributed by atoms with Gasteiger partial charge >= 0.3 is 0 Å². The zero-order valence-corrected chi connectivity index (χ0v) is 13.8. The molecule has 0 atom stereocenters. The van der Waals surface area contributed by atoms with Crippen molar-refractivity contribution in [3.05, 3.63) is 10.4 Å². The molecule has 0 aromatic carbocycles. The van der Waals surface area contributed by atoms with E-state index in [1.807, 2.05) is 12.3 Å². The number of likely N-dealkylation sites (N-methyl/N-ethyl adjacent to an activating group) is 1. The van der Waals surface area contributed by atoms with E-state index < -0.39 is 5.60 Å². The Labute approximate surface area is 127 Å². The van der Waals surface area contributed by atoms with Crippen LogP contribution in [0.3, 0.4) is 0 Å². The van der Waals surface area contributed by atoms with Crippen LogP contribution in [0.25, 0.3) is 11.3 Å². The minimum absolute atomic E-state index is 0.504. The standard InChI is InChI=1S/C13H20N4OS2/c1-5-17(7-13(3,4)18)12-10(11(14)16-20-12)9-6-19-8(2)15-9/h6,18H,5,7H2,1-4H3,(H2,14,16). The van der Waals surface area contributed by atoms with Gasteiger partial charge in [0.2, 0.25) is 0 Å². The van der Waals surface area contributed by atoms with E-state index in [9.17, 15) is 5.11 Å². The first-order valence-electron chi connectivity index (χ1n) is 6.47. The molecule has 0 aliphatic heterocycles. The number of nitrogens with zero attached hydrogens (tertiary/aromatic N) is 3. The maximum atomic E-state index is 10.1. The molecule has 0 fully saturated rings. The maximum absolute atomic E-state index is 10.1. The topological polar surface area (TPSA) is 75.3 Å². The molecule has 20 heavy (non-hydrogen) atoms. The highest BCUT2D eigenvalue weighted by molar-refractivity contribution is 7.11. The van der Waals surface area contributed by atoms with Crippen LogP contribution in [0.5, 0.6) is 0 Å². The molecule has 0 aliphatic rings. The zero-order chi connectivity index (χ0) is 14.9. The summed E-state index contributed by atoms with van der Waals surface area (Å²) < 4.78 is 4.26. The smallest absolute Gasteiger partial charge is 0.148 e. The third kappa shape index (κ3) is 3.28. The SMILES string of the molecule is CCN(CC(C)(C)O)c1snc(N)c1-c1csc(C)n1. The molecule has 0 bridgehead atoms. The van der Waals surface area contributed by atoms with Crippen molar-refractivity contribution < 1.29 is 5.11 Å².